The lowest BCUT2D eigenvalue weighted by molar-refractivity contribution is 0.245. The second-order valence-corrected chi connectivity index (χ2v) is 7.04. The summed E-state index contributed by atoms with van der Waals surface area (Å²) in [6, 6.07) is 9.19. The molecule has 1 fully saturated rings. The minimum absolute atomic E-state index is 0.435. The van der Waals surface area contributed by atoms with Crippen LogP contribution in [0.25, 0.3) is 10.9 Å². The molecule has 0 bridgehead atoms. The molecular formula is C21H27N3O. The Morgan fingerprint density at radius 2 is 2.08 bits per heavy atom. The fraction of sp³-hybridized carbons (Fsp3) is 0.476. The van der Waals surface area contributed by atoms with Gasteiger partial charge in [0, 0.05) is 48.2 Å². The maximum absolute atomic E-state index is 5.57. The first-order valence-electron chi connectivity index (χ1n) is 9.48. The largest absolute Gasteiger partial charge is 0.361 e. The lowest BCUT2D eigenvalue weighted by Gasteiger charge is -2.24. The van der Waals surface area contributed by atoms with Gasteiger partial charge in [-0.3, -0.25) is 4.90 Å². The summed E-state index contributed by atoms with van der Waals surface area (Å²) in [7, 11) is 0. The summed E-state index contributed by atoms with van der Waals surface area (Å²) in [5.74, 6) is 1.06. The van der Waals surface area contributed by atoms with Gasteiger partial charge in [0.15, 0.2) is 0 Å². The van der Waals surface area contributed by atoms with Crippen molar-refractivity contribution < 1.29 is 4.52 Å². The maximum atomic E-state index is 5.57. The van der Waals surface area contributed by atoms with Gasteiger partial charge in [-0.15, -0.1) is 0 Å². The van der Waals surface area contributed by atoms with Gasteiger partial charge in [-0.2, -0.15) is 0 Å². The van der Waals surface area contributed by atoms with Gasteiger partial charge in [0.2, 0.25) is 0 Å². The first kappa shape index (κ1) is 16.4. The first-order valence-corrected chi connectivity index (χ1v) is 9.48. The fourth-order valence-electron chi connectivity index (χ4n) is 4.38. The summed E-state index contributed by atoms with van der Waals surface area (Å²) < 4.78 is 7.93. The molecule has 0 amide bonds. The van der Waals surface area contributed by atoms with E-state index >= 15 is 0 Å². The molecule has 0 saturated carbocycles. The smallest absolute Gasteiger partial charge is 0.141 e. The van der Waals surface area contributed by atoms with Crippen molar-refractivity contribution in [1.29, 1.82) is 0 Å². The maximum Gasteiger partial charge on any atom is 0.141 e. The molecule has 0 aliphatic carbocycles. The molecule has 4 rings (SSSR count). The number of para-hydroxylation sites is 1. The summed E-state index contributed by atoms with van der Waals surface area (Å²) in [5, 5.41) is 5.62. The van der Waals surface area contributed by atoms with E-state index in [4.69, 9.17) is 4.52 Å². The highest BCUT2D eigenvalue weighted by Gasteiger charge is 2.31. The zero-order chi connectivity index (χ0) is 17.4. The minimum atomic E-state index is 0.435. The van der Waals surface area contributed by atoms with E-state index in [1.807, 2.05) is 0 Å². The molecule has 4 heteroatoms. The molecule has 0 radical (unpaired) electrons. The van der Waals surface area contributed by atoms with Gasteiger partial charge in [-0.1, -0.05) is 30.3 Å². The molecular weight excluding hydrogens is 310 g/mol. The molecule has 0 unspecified atom stereocenters. The fourth-order valence-corrected chi connectivity index (χ4v) is 4.38. The number of fused-ring (bicyclic) bond motifs is 1. The second kappa shape index (κ2) is 6.68. The quantitative estimate of drug-likeness (QED) is 0.667. The van der Waals surface area contributed by atoms with E-state index in [9.17, 15) is 0 Å². The van der Waals surface area contributed by atoms with Crippen molar-refractivity contribution in [3.8, 4) is 0 Å². The van der Waals surface area contributed by atoms with Crippen molar-refractivity contribution >= 4 is 10.9 Å². The van der Waals surface area contributed by atoms with Crippen LogP contribution in [0.4, 0.5) is 0 Å². The third kappa shape index (κ3) is 2.78. The molecule has 2 aromatic heterocycles. The third-order valence-electron chi connectivity index (χ3n) is 5.59. The Bertz CT molecular complexity index is 877. The highest BCUT2D eigenvalue weighted by atomic mass is 16.5. The number of aromatic nitrogens is 2. The van der Waals surface area contributed by atoms with Crippen molar-refractivity contribution in [3.05, 3.63) is 53.0 Å². The van der Waals surface area contributed by atoms with E-state index in [0.29, 0.717) is 6.04 Å². The van der Waals surface area contributed by atoms with Gasteiger partial charge in [-0.25, -0.2) is 0 Å². The van der Waals surface area contributed by atoms with Gasteiger partial charge >= 0.3 is 0 Å². The number of hydrogen-bond donors (Lipinski definition) is 0. The Labute approximate surface area is 149 Å². The van der Waals surface area contributed by atoms with Gasteiger partial charge in [0.25, 0.3) is 0 Å². The average molecular weight is 337 g/mol. The molecule has 4 nitrogen and oxygen atoms in total. The number of nitrogens with zero attached hydrogens (tertiary/aromatic N) is 3. The summed E-state index contributed by atoms with van der Waals surface area (Å²) >= 11 is 0. The summed E-state index contributed by atoms with van der Waals surface area (Å²) in [5.41, 5.74) is 5.16. The molecule has 0 spiro atoms. The Morgan fingerprint density at radius 1 is 1.24 bits per heavy atom. The molecule has 3 heterocycles. The summed E-state index contributed by atoms with van der Waals surface area (Å²) in [6.07, 6.45) is 5.68. The molecule has 1 saturated heterocycles. The van der Waals surface area contributed by atoms with Crippen LogP contribution in [0.2, 0.25) is 0 Å². The van der Waals surface area contributed by atoms with Gasteiger partial charge in [0.05, 0.1) is 5.69 Å². The summed E-state index contributed by atoms with van der Waals surface area (Å²) in [4.78, 5) is 2.61. The van der Waals surface area contributed by atoms with E-state index in [1.165, 1.54) is 34.9 Å². The Balaban J connectivity index is 1.67. The first-order chi connectivity index (χ1) is 12.2. The summed E-state index contributed by atoms with van der Waals surface area (Å²) in [6.45, 7) is 9.59. The van der Waals surface area contributed by atoms with E-state index in [-0.39, 0.29) is 0 Å². The van der Waals surface area contributed by atoms with Crippen molar-refractivity contribution in [2.75, 3.05) is 6.54 Å². The SMILES string of the molecule is CCc1onc(C)c1[C@H]1CCCN1Cc1cn(CC)c2ccccc12. The Kier molecular flexibility index (Phi) is 4.38. The standard InChI is InChI=1S/C21H27N3O/c1-4-20-21(15(3)22-25-20)19-11-8-12-24(19)14-16-13-23(5-2)18-10-7-6-9-17(16)18/h6-7,9-10,13,19H,4-5,8,11-12,14H2,1-3H3/t19-/m1/s1. The van der Waals surface area contributed by atoms with Crippen molar-refractivity contribution in [1.82, 2.24) is 14.6 Å². The van der Waals surface area contributed by atoms with Crippen LogP contribution in [0.3, 0.4) is 0 Å². The second-order valence-electron chi connectivity index (χ2n) is 7.04. The van der Waals surface area contributed by atoms with Crippen LogP contribution in [0.5, 0.6) is 0 Å². The van der Waals surface area contributed by atoms with Crippen molar-refractivity contribution in [3.63, 3.8) is 0 Å². The van der Waals surface area contributed by atoms with Crippen LogP contribution >= 0.6 is 0 Å². The van der Waals surface area contributed by atoms with Crippen LogP contribution in [-0.4, -0.2) is 21.2 Å². The van der Waals surface area contributed by atoms with E-state index in [1.54, 1.807) is 0 Å². The van der Waals surface area contributed by atoms with Crippen molar-refractivity contribution in [2.24, 2.45) is 0 Å². The number of hydrogen-bond acceptors (Lipinski definition) is 3. The molecule has 1 aliphatic rings. The molecule has 1 aliphatic heterocycles. The van der Waals surface area contributed by atoms with Crippen LogP contribution < -0.4 is 0 Å². The molecule has 1 aromatic carbocycles. The monoisotopic (exact) mass is 337 g/mol. The highest BCUT2D eigenvalue weighted by molar-refractivity contribution is 5.83. The number of benzene rings is 1. The zero-order valence-corrected chi connectivity index (χ0v) is 15.5. The topological polar surface area (TPSA) is 34.2 Å². The lowest BCUT2D eigenvalue weighted by Crippen LogP contribution is -2.23. The number of aryl methyl sites for hydroxylation is 3. The molecule has 132 valence electrons. The number of rotatable bonds is 5. The number of likely N-dealkylation sites (tertiary alicyclic amines) is 1. The van der Waals surface area contributed by atoms with Crippen LogP contribution in [0, 0.1) is 6.92 Å². The molecule has 0 N–H and O–H groups in total. The van der Waals surface area contributed by atoms with Gasteiger partial charge in [-0.05, 0) is 44.9 Å². The van der Waals surface area contributed by atoms with Crippen LogP contribution in [-0.2, 0) is 19.5 Å². The van der Waals surface area contributed by atoms with E-state index in [2.05, 4.69) is 65.9 Å². The predicted octanol–water partition coefficient (Wildman–Crippen LogP) is 4.86. The van der Waals surface area contributed by atoms with Crippen LogP contribution in [0.1, 0.15) is 55.3 Å². The predicted molar refractivity (Wildman–Crippen MR) is 101 cm³/mol. The molecule has 3 aromatic rings. The zero-order valence-electron chi connectivity index (χ0n) is 15.5. The third-order valence-corrected chi connectivity index (χ3v) is 5.59. The van der Waals surface area contributed by atoms with Crippen molar-refractivity contribution in [2.45, 2.75) is 59.2 Å². The van der Waals surface area contributed by atoms with Crippen LogP contribution in [0.15, 0.2) is 35.0 Å². The minimum Gasteiger partial charge on any atom is -0.361 e. The Morgan fingerprint density at radius 3 is 2.88 bits per heavy atom. The average Bonchev–Trinajstić information content (AvgIpc) is 3.32. The normalized spacial score (nSPS) is 18.4. The van der Waals surface area contributed by atoms with Gasteiger partial charge < -0.3 is 9.09 Å². The van der Waals surface area contributed by atoms with E-state index < -0.39 is 0 Å². The molecule has 1 atom stereocenters. The lowest BCUT2D eigenvalue weighted by atomic mass is 10.0. The molecule has 25 heavy (non-hydrogen) atoms. The Hall–Kier alpha value is -2.07. The highest BCUT2D eigenvalue weighted by Crippen LogP contribution is 2.37. The van der Waals surface area contributed by atoms with Gasteiger partial charge in [0.1, 0.15) is 5.76 Å². The van der Waals surface area contributed by atoms with E-state index in [0.717, 1.165) is 37.5 Å².